The molecule has 108 valence electrons. The largest absolute Gasteiger partial charge is 0.394 e. The highest BCUT2D eigenvalue weighted by atomic mass is 16.3. The van der Waals surface area contributed by atoms with Crippen LogP contribution in [0.1, 0.15) is 45.2 Å². The van der Waals surface area contributed by atoms with Gasteiger partial charge in [0.15, 0.2) is 0 Å². The van der Waals surface area contributed by atoms with Crippen molar-refractivity contribution < 1.29 is 5.11 Å². The molecule has 0 saturated heterocycles. The lowest BCUT2D eigenvalue weighted by Gasteiger charge is -2.34. The summed E-state index contributed by atoms with van der Waals surface area (Å²) in [4.78, 5) is 0. The fraction of sp³-hybridized carbons (Fsp3) is 0.857. The lowest BCUT2D eigenvalue weighted by molar-refractivity contribution is 0.204. The SMILES string of the molecule is CC(C)C1CCCCC1NCc1cn(CCO)nn1. The van der Waals surface area contributed by atoms with Crippen molar-refractivity contribution >= 4 is 0 Å². The number of aliphatic hydroxyl groups is 1. The summed E-state index contributed by atoms with van der Waals surface area (Å²) in [5.74, 6) is 1.52. The van der Waals surface area contributed by atoms with Gasteiger partial charge in [0.1, 0.15) is 0 Å². The Morgan fingerprint density at radius 2 is 2.21 bits per heavy atom. The fourth-order valence-electron chi connectivity index (χ4n) is 3.08. The van der Waals surface area contributed by atoms with Crippen molar-refractivity contribution in [3.8, 4) is 0 Å². The molecule has 0 bridgehead atoms. The molecule has 0 amide bonds. The van der Waals surface area contributed by atoms with Crippen LogP contribution < -0.4 is 5.32 Å². The van der Waals surface area contributed by atoms with Crippen LogP contribution in [0, 0.1) is 11.8 Å². The van der Waals surface area contributed by atoms with E-state index < -0.39 is 0 Å². The molecule has 0 aromatic carbocycles. The summed E-state index contributed by atoms with van der Waals surface area (Å²) < 4.78 is 1.69. The van der Waals surface area contributed by atoms with Crippen molar-refractivity contribution in [2.45, 2.75) is 58.7 Å². The number of aliphatic hydroxyl groups excluding tert-OH is 1. The van der Waals surface area contributed by atoms with Crippen LogP contribution >= 0.6 is 0 Å². The highest BCUT2D eigenvalue weighted by molar-refractivity contribution is 4.93. The van der Waals surface area contributed by atoms with Gasteiger partial charge in [-0.2, -0.15) is 0 Å². The normalized spacial score (nSPS) is 24.0. The smallest absolute Gasteiger partial charge is 0.0964 e. The first-order valence-corrected chi connectivity index (χ1v) is 7.44. The minimum atomic E-state index is 0.105. The minimum Gasteiger partial charge on any atom is -0.394 e. The van der Waals surface area contributed by atoms with Gasteiger partial charge in [0.2, 0.25) is 0 Å². The molecule has 2 N–H and O–H groups in total. The van der Waals surface area contributed by atoms with E-state index in [4.69, 9.17) is 5.11 Å². The Bertz CT molecular complexity index is 377. The average Bonchev–Trinajstić information content (AvgIpc) is 2.85. The fourth-order valence-corrected chi connectivity index (χ4v) is 3.08. The van der Waals surface area contributed by atoms with Crippen LogP contribution in [0.2, 0.25) is 0 Å². The molecule has 2 rings (SSSR count). The van der Waals surface area contributed by atoms with Crippen LogP contribution in [0.15, 0.2) is 6.20 Å². The van der Waals surface area contributed by atoms with Gasteiger partial charge in [-0.15, -0.1) is 5.10 Å². The van der Waals surface area contributed by atoms with Gasteiger partial charge in [-0.05, 0) is 24.7 Å². The third-order valence-electron chi connectivity index (χ3n) is 4.14. The molecule has 2 atom stereocenters. The maximum Gasteiger partial charge on any atom is 0.0964 e. The van der Waals surface area contributed by atoms with Crippen molar-refractivity contribution in [3.63, 3.8) is 0 Å². The van der Waals surface area contributed by atoms with Gasteiger partial charge in [0.25, 0.3) is 0 Å². The Hall–Kier alpha value is -0.940. The molecule has 1 fully saturated rings. The van der Waals surface area contributed by atoms with Gasteiger partial charge < -0.3 is 10.4 Å². The molecule has 1 aliphatic carbocycles. The van der Waals surface area contributed by atoms with Gasteiger partial charge in [0, 0.05) is 18.8 Å². The number of nitrogens with zero attached hydrogens (tertiary/aromatic N) is 3. The summed E-state index contributed by atoms with van der Waals surface area (Å²) >= 11 is 0. The van der Waals surface area contributed by atoms with Crippen LogP contribution in [-0.2, 0) is 13.1 Å². The van der Waals surface area contributed by atoms with Crippen LogP contribution in [0.4, 0.5) is 0 Å². The van der Waals surface area contributed by atoms with E-state index in [0.717, 1.165) is 24.1 Å². The quantitative estimate of drug-likeness (QED) is 0.820. The van der Waals surface area contributed by atoms with Crippen molar-refractivity contribution in [1.82, 2.24) is 20.3 Å². The van der Waals surface area contributed by atoms with Crippen molar-refractivity contribution in [2.75, 3.05) is 6.61 Å². The van der Waals surface area contributed by atoms with Gasteiger partial charge in [-0.25, -0.2) is 4.68 Å². The number of aromatic nitrogens is 3. The van der Waals surface area contributed by atoms with Gasteiger partial charge in [0.05, 0.1) is 18.8 Å². The van der Waals surface area contributed by atoms with Crippen LogP contribution in [0.25, 0.3) is 0 Å². The van der Waals surface area contributed by atoms with Crippen LogP contribution in [0.3, 0.4) is 0 Å². The molecular formula is C14H26N4O. The van der Waals surface area contributed by atoms with Crippen molar-refractivity contribution in [1.29, 1.82) is 0 Å². The van der Waals surface area contributed by atoms with Gasteiger partial charge in [-0.3, -0.25) is 0 Å². The van der Waals surface area contributed by atoms with Gasteiger partial charge >= 0.3 is 0 Å². The second-order valence-electron chi connectivity index (χ2n) is 5.88. The predicted octanol–water partition coefficient (Wildman–Crippen LogP) is 1.57. The van der Waals surface area contributed by atoms with Crippen LogP contribution in [0.5, 0.6) is 0 Å². The summed E-state index contributed by atoms with van der Waals surface area (Å²) in [5, 5.41) is 20.6. The molecule has 0 radical (unpaired) electrons. The van der Waals surface area contributed by atoms with E-state index in [1.807, 2.05) is 6.20 Å². The maximum absolute atomic E-state index is 8.85. The molecule has 1 saturated carbocycles. The predicted molar refractivity (Wildman–Crippen MR) is 74.5 cm³/mol. The lowest BCUT2D eigenvalue weighted by Crippen LogP contribution is -2.40. The molecule has 1 heterocycles. The lowest BCUT2D eigenvalue weighted by atomic mass is 9.78. The monoisotopic (exact) mass is 266 g/mol. The highest BCUT2D eigenvalue weighted by Crippen LogP contribution is 2.30. The van der Waals surface area contributed by atoms with E-state index in [2.05, 4.69) is 29.5 Å². The molecule has 5 heteroatoms. The van der Waals surface area contributed by atoms with E-state index in [1.54, 1.807) is 4.68 Å². The number of nitrogens with one attached hydrogen (secondary N) is 1. The zero-order chi connectivity index (χ0) is 13.7. The Labute approximate surface area is 115 Å². The van der Waals surface area contributed by atoms with E-state index in [0.29, 0.717) is 12.6 Å². The van der Waals surface area contributed by atoms with Crippen molar-refractivity contribution in [2.24, 2.45) is 11.8 Å². The van der Waals surface area contributed by atoms with E-state index in [1.165, 1.54) is 25.7 Å². The highest BCUT2D eigenvalue weighted by Gasteiger charge is 2.27. The zero-order valence-electron chi connectivity index (χ0n) is 12.0. The zero-order valence-corrected chi connectivity index (χ0v) is 12.0. The first kappa shape index (κ1) is 14.5. The number of hydrogen-bond acceptors (Lipinski definition) is 4. The number of rotatable bonds is 6. The standard InChI is InChI=1S/C14H26N4O/c1-11(2)13-5-3-4-6-14(13)15-9-12-10-18(7-8-19)17-16-12/h10-11,13-15,19H,3-9H2,1-2H3. The summed E-state index contributed by atoms with van der Waals surface area (Å²) in [5.41, 5.74) is 0.960. The summed E-state index contributed by atoms with van der Waals surface area (Å²) in [6.07, 6.45) is 7.22. The average molecular weight is 266 g/mol. The van der Waals surface area contributed by atoms with Gasteiger partial charge in [-0.1, -0.05) is 31.9 Å². The third-order valence-corrected chi connectivity index (χ3v) is 4.14. The van der Waals surface area contributed by atoms with Crippen LogP contribution in [-0.4, -0.2) is 32.7 Å². The molecule has 1 aliphatic rings. The Morgan fingerprint density at radius 1 is 1.42 bits per heavy atom. The molecule has 2 unspecified atom stereocenters. The minimum absolute atomic E-state index is 0.105. The summed E-state index contributed by atoms with van der Waals surface area (Å²) in [6.45, 7) is 6.04. The topological polar surface area (TPSA) is 63.0 Å². The number of hydrogen-bond donors (Lipinski definition) is 2. The summed E-state index contributed by atoms with van der Waals surface area (Å²) in [6, 6.07) is 0.608. The first-order valence-electron chi connectivity index (χ1n) is 7.44. The molecular weight excluding hydrogens is 240 g/mol. The van der Waals surface area contributed by atoms with E-state index in [-0.39, 0.29) is 6.61 Å². The molecule has 0 spiro atoms. The van der Waals surface area contributed by atoms with E-state index >= 15 is 0 Å². The molecule has 1 aromatic rings. The Kier molecular flexibility index (Phi) is 5.34. The molecule has 0 aliphatic heterocycles. The third kappa shape index (κ3) is 4.01. The molecule has 1 aromatic heterocycles. The maximum atomic E-state index is 8.85. The van der Waals surface area contributed by atoms with Crippen molar-refractivity contribution in [3.05, 3.63) is 11.9 Å². The van der Waals surface area contributed by atoms with E-state index in [9.17, 15) is 0 Å². The Morgan fingerprint density at radius 3 is 2.95 bits per heavy atom. The summed E-state index contributed by atoms with van der Waals surface area (Å²) in [7, 11) is 0. The second-order valence-corrected chi connectivity index (χ2v) is 5.88. The molecule has 5 nitrogen and oxygen atoms in total. The Balaban J connectivity index is 1.85. The molecule has 19 heavy (non-hydrogen) atoms. The first-order chi connectivity index (χ1) is 9.20. The second kappa shape index (κ2) is 7.01.